The first-order valence-corrected chi connectivity index (χ1v) is 7.93. The zero-order valence-electron chi connectivity index (χ0n) is 10.4. The average molecular weight is 291 g/mol. The van der Waals surface area contributed by atoms with Gasteiger partial charge < -0.3 is 5.32 Å². The van der Waals surface area contributed by atoms with Gasteiger partial charge in [0.15, 0.2) is 0 Å². The fourth-order valence-corrected chi connectivity index (χ4v) is 2.70. The van der Waals surface area contributed by atoms with Crippen LogP contribution < -0.4 is 10.0 Å². The Labute approximate surface area is 114 Å². The van der Waals surface area contributed by atoms with E-state index in [-0.39, 0.29) is 5.75 Å². The van der Waals surface area contributed by atoms with E-state index in [0.29, 0.717) is 18.0 Å². The third kappa shape index (κ3) is 6.35. The van der Waals surface area contributed by atoms with Crippen LogP contribution in [0.2, 0.25) is 5.02 Å². The molecule has 0 aliphatic heterocycles. The number of hydrogen-bond donors (Lipinski definition) is 2. The van der Waals surface area contributed by atoms with Crippen molar-refractivity contribution >= 4 is 21.6 Å². The van der Waals surface area contributed by atoms with E-state index < -0.39 is 10.0 Å². The Hall–Kier alpha value is -0.620. The molecule has 0 atom stereocenters. The molecule has 0 spiro atoms. The lowest BCUT2D eigenvalue weighted by Gasteiger charge is -2.06. The average Bonchev–Trinajstić information content (AvgIpc) is 2.34. The third-order valence-electron chi connectivity index (χ3n) is 2.50. The Balaban J connectivity index is 2.34. The van der Waals surface area contributed by atoms with E-state index >= 15 is 0 Å². The summed E-state index contributed by atoms with van der Waals surface area (Å²) < 4.78 is 25.9. The number of rotatable bonds is 8. The van der Waals surface area contributed by atoms with E-state index in [1.807, 2.05) is 19.2 Å². The number of hydrogen-bond acceptors (Lipinski definition) is 3. The molecule has 0 amide bonds. The number of sulfonamides is 1. The summed E-state index contributed by atoms with van der Waals surface area (Å²) in [5, 5.41) is 3.64. The molecule has 0 aliphatic rings. The zero-order valence-corrected chi connectivity index (χ0v) is 12.0. The molecule has 0 unspecified atom stereocenters. The lowest BCUT2D eigenvalue weighted by atomic mass is 10.2. The molecule has 0 aliphatic carbocycles. The van der Waals surface area contributed by atoms with Gasteiger partial charge in [0.1, 0.15) is 0 Å². The summed E-state index contributed by atoms with van der Waals surface area (Å²) in [4.78, 5) is 0. The highest BCUT2D eigenvalue weighted by atomic mass is 35.5. The van der Waals surface area contributed by atoms with Gasteiger partial charge in [-0.3, -0.25) is 0 Å². The van der Waals surface area contributed by atoms with Gasteiger partial charge in [0, 0.05) is 11.6 Å². The SMILES string of the molecule is CNCCCCS(=O)(=O)NCc1ccc(Cl)cc1. The van der Waals surface area contributed by atoms with Gasteiger partial charge in [-0.05, 0) is 44.1 Å². The highest BCUT2D eigenvalue weighted by Crippen LogP contribution is 2.09. The summed E-state index contributed by atoms with van der Waals surface area (Å²) in [6.07, 6.45) is 1.52. The zero-order chi connectivity index (χ0) is 13.4. The van der Waals surface area contributed by atoms with Crippen LogP contribution in [0, 0.1) is 0 Å². The Morgan fingerprint density at radius 3 is 2.44 bits per heavy atom. The second-order valence-electron chi connectivity index (χ2n) is 4.08. The van der Waals surface area contributed by atoms with Gasteiger partial charge in [0.2, 0.25) is 10.0 Å². The Bertz CT molecular complexity index is 446. The number of benzene rings is 1. The molecule has 1 aromatic carbocycles. The van der Waals surface area contributed by atoms with Gasteiger partial charge in [-0.1, -0.05) is 23.7 Å². The highest BCUT2D eigenvalue weighted by Gasteiger charge is 2.09. The maximum absolute atomic E-state index is 11.7. The van der Waals surface area contributed by atoms with E-state index in [0.717, 1.165) is 18.5 Å². The van der Waals surface area contributed by atoms with Gasteiger partial charge in [0.05, 0.1) is 5.75 Å². The summed E-state index contributed by atoms with van der Waals surface area (Å²) in [5.41, 5.74) is 0.901. The Morgan fingerprint density at radius 2 is 1.83 bits per heavy atom. The highest BCUT2D eigenvalue weighted by molar-refractivity contribution is 7.89. The molecular weight excluding hydrogens is 272 g/mol. The standard InChI is InChI=1S/C12H19ClN2O2S/c1-14-8-2-3-9-18(16,17)15-10-11-4-6-12(13)7-5-11/h4-7,14-15H,2-3,8-10H2,1H3. The molecule has 0 saturated carbocycles. The van der Waals surface area contributed by atoms with E-state index in [2.05, 4.69) is 10.0 Å². The van der Waals surface area contributed by atoms with Crippen LogP contribution in [0.3, 0.4) is 0 Å². The van der Waals surface area contributed by atoms with Crippen molar-refractivity contribution in [2.24, 2.45) is 0 Å². The fraction of sp³-hybridized carbons (Fsp3) is 0.500. The van der Waals surface area contributed by atoms with Crippen LogP contribution in [0.4, 0.5) is 0 Å². The number of unbranched alkanes of at least 4 members (excludes halogenated alkanes) is 1. The van der Waals surface area contributed by atoms with Crippen LogP contribution in [0.25, 0.3) is 0 Å². The second kappa shape index (κ2) is 7.74. The van der Waals surface area contributed by atoms with Crippen LogP contribution in [-0.4, -0.2) is 27.8 Å². The summed E-state index contributed by atoms with van der Waals surface area (Å²) in [6.45, 7) is 1.15. The maximum Gasteiger partial charge on any atom is 0.211 e. The Morgan fingerprint density at radius 1 is 1.17 bits per heavy atom. The molecule has 0 heterocycles. The maximum atomic E-state index is 11.7. The minimum absolute atomic E-state index is 0.169. The molecule has 1 rings (SSSR count). The van der Waals surface area contributed by atoms with Crippen LogP contribution in [0.5, 0.6) is 0 Å². The summed E-state index contributed by atoms with van der Waals surface area (Å²) in [6, 6.07) is 7.12. The van der Waals surface area contributed by atoms with Gasteiger partial charge in [-0.25, -0.2) is 13.1 Å². The molecule has 6 heteroatoms. The first-order valence-electron chi connectivity index (χ1n) is 5.90. The first kappa shape index (κ1) is 15.4. The van der Waals surface area contributed by atoms with Crippen molar-refractivity contribution in [3.05, 3.63) is 34.9 Å². The van der Waals surface area contributed by atoms with Crippen LogP contribution in [0.1, 0.15) is 18.4 Å². The van der Waals surface area contributed by atoms with Crippen LogP contribution in [-0.2, 0) is 16.6 Å². The van der Waals surface area contributed by atoms with Crippen molar-refractivity contribution in [2.75, 3.05) is 19.3 Å². The van der Waals surface area contributed by atoms with Crippen molar-refractivity contribution in [2.45, 2.75) is 19.4 Å². The predicted molar refractivity (Wildman–Crippen MR) is 75.2 cm³/mol. The molecule has 2 N–H and O–H groups in total. The van der Waals surface area contributed by atoms with Crippen molar-refractivity contribution in [3.8, 4) is 0 Å². The normalized spacial score (nSPS) is 11.7. The molecule has 0 saturated heterocycles. The second-order valence-corrected chi connectivity index (χ2v) is 6.44. The molecule has 0 aromatic heterocycles. The molecule has 0 bridgehead atoms. The van der Waals surface area contributed by atoms with Crippen LogP contribution >= 0.6 is 11.6 Å². The molecule has 18 heavy (non-hydrogen) atoms. The molecule has 102 valence electrons. The van der Waals surface area contributed by atoms with E-state index in [1.165, 1.54) is 0 Å². The smallest absolute Gasteiger partial charge is 0.211 e. The molecular formula is C12H19ClN2O2S. The van der Waals surface area contributed by atoms with E-state index in [4.69, 9.17) is 11.6 Å². The fourth-order valence-electron chi connectivity index (χ4n) is 1.46. The predicted octanol–water partition coefficient (Wildman–Crippen LogP) is 1.76. The van der Waals surface area contributed by atoms with Crippen molar-refractivity contribution in [1.82, 2.24) is 10.0 Å². The molecule has 0 fully saturated rings. The topological polar surface area (TPSA) is 58.2 Å². The lowest BCUT2D eigenvalue weighted by Crippen LogP contribution is -2.26. The lowest BCUT2D eigenvalue weighted by molar-refractivity contribution is 0.575. The van der Waals surface area contributed by atoms with Crippen molar-refractivity contribution in [1.29, 1.82) is 0 Å². The molecule has 4 nitrogen and oxygen atoms in total. The first-order chi connectivity index (χ1) is 8.53. The summed E-state index contributed by atoms with van der Waals surface area (Å²) >= 11 is 5.76. The minimum atomic E-state index is -3.18. The number of halogens is 1. The van der Waals surface area contributed by atoms with E-state index in [1.54, 1.807) is 12.1 Å². The van der Waals surface area contributed by atoms with Gasteiger partial charge in [0.25, 0.3) is 0 Å². The van der Waals surface area contributed by atoms with Gasteiger partial charge in [-0.2, -0.15) is 0 Å². The van der Waals surface area contributed by atoms with Gasteiger partial charge in [-0.15, -0.1) is 0 Å². The molecule has 1 aromatic rings. The van der Waals surface area contributed by atoms with Gasteiger partial charge >= 0.3 is 0 Å². The largest absolute Gasteiger partial charge is 0.320 e. The third-order valence-corrected chi connectivity index (χ3v) is 4.16. The van der Waals surface area contributed by atoms with E-state index in [9.17, 15) is 8.42 Å². The summed E-state index contributed by atoms with van der Waals surface area (Å²) in [5.74, 6) is 0.169. The number of nitrogens with one attached hydrogen (secondary N) is 2. The van der Waals surface area contributed by atoms with Crippen LogP contribution in [0.15, 0.2) is 24.3 Å². The summed E-state index contributed by atoms with van der Waals surface area (Å²) in [7, 11) is -1.33. The van der Waals surface area contributed by atoms with Crippen molar-refractivity contribution < 1.29 is 8.42 Å². The monoisotopic (exact) mass is 290 g/mol. The Kier molecular flexibility index (Phi) is 6.63. The van der Waals surface area contributed by atoms with Crippen molar-refractivity contribution in [3.63, 3.8) is 0 Å². The quantitative estimate of drug-likeness (QED) is 0.717. The minimum Gasteiger partial charge on any atom is -0.320 e. The molecule has 0 radical (unpaired) electrons.